The fourth-order valence-electron chi connectivity index (χ4n) is 2.99. The molecule has 1 aromatic heterocycles. The van der Waals surface area contributed by atoms with Crippen LogP contribution in [0.2, 0.25) is 0 Å². The predicted molar refractivity (Wildman–Crippen MR) is 85.9 cm³/mol. The lowest BCUT2D eigenvalue weighted by molar-refractivity contribution is 0.0696. The highest BCUT2D eigenvalue weighted by atomic mass is 16.5. The fraction of sp³-hybridized carbons (Fsp3) is 0.412. The maximum atomic E-state index is 10.9. The molecule has 0 radical (unpaired) electrons. The fourth-order valence-corrected chi connectivity index (χ4v) is 2.99. The summed E-state index contributed by atoms with van der Waals surface area (Å²) in [5.74, 6) is 0.271. The van der Waals surface area contributed by atoms with Crippen LogP contribution in [0.25, 0.3) is 0 Å². The van der Waals surface area contributed by atoms with E-state index in [0.717, 1.165) is 32.5 Å². The van der Waals surface area contributed by atoms with Gasteiger partial charge < -0.3 is 9.84 Å². The number of rotatable bonds is 6. The zero-order valence-corrected chi connectivity index (χ0v) is 12.9. The molecule has 2 N–H and O–H groups in total. The highest BCUT2D eigenvalue weighted by molar-refractivity contribution is 5.87. The van der Waals surface area contributed by atoms with Gasteiger partial charge in [0.25, 0.3) is 0 Å². The molecule has 0 saturated carbocycles. The molecule has 6 nitrogen and oxygen atoms in total. The van der Waals surface area contributed by atoms with E-state index in [1.807, 2.05) is 12.4 Å². The molecule has 6 heteroatoms. The van der Waals surface area contributed by atoms with Crippen molar-refractivity contribution in [1.82, 2.24) is 15.1 Å². The average molecular weight is 315 g/mol. The number of nitrogens with one attached hydrogen (secondary N) is 1. The Morgan fingerprint density at radius 2 is 2.22 bits per heavy atom. The van der Waals surface area contributed by atoms with Crippen LogP contribution in [0.1, 0.15) is 34.7 Å². The summed E-state index contributed by atoms with van der Waals surface area (Å²) in [4.78, 5) is 13.3. The van der Waals surface area contributed by atoms with Gasteiger partial charge in [-0.25, -0.2) is 4.79 Å². The Labute approximate surface area is 135 Å². The van der Waals surface area contributed by atoms with E-state index < -0.39 is 5.97 Å². The highest BCUT2D eigenvalue weighted by Crippen LogP contribution is 2.26. The number of ether oxygens (including phenoxy) is 1. The van der Waals surface area contributed by atoms with Crippen molar-refractivity contribution < 1.29 is 14.6 Å². The first-order valence-electron chi connectivity index (χ1n) is 7.89. The van der Waals surface area contributed by atoms with Crippen LogP contribution in [0.4, 0.5) is 0 Å². The summed E-state index contributed by atoms with van der Waals surface area (Å²) in [6.07, 6.45) is 6.17. The lowest BCUT2D eigenvalue weighted by atomic mass is 9.92. The molecule has 122 valence electrons. The Morgan fingerprint density at radius 3 is 2.91 bits per heavy atom. The quantitative estimate of drug-likeness (QED) is 0.855. The number of hydrogen-bond acceptors (Lipinski definition) is 4. The number of likely N-dealkylation sites (tertiary alicyclic amines) is 1. The molecular weight excluding hydrogens is 294 g/mol. The number of hydrogen-bond donors (Lipinski definition) is 2. The van der Waals surface area contributed by atoms with Crippen molar-refractivity contribution in [2.45, 2.75) is 18.8 Å². The Bertz CT molecular complexity index is 634. The number of benzene rings is 1. The molecule has 2 aromatic rings. The monoisotopic (exact) mass is 315 g/mol. The maximum absolute atomic E-state index is 10.9. The third-order valence-electron chi connectivity index (χ3n) is 4.34. The first-order valence-corrected chi connectivity index (χ1v) is 7.89. The lowest BCUT2D eigenvalue weighted by Gasteiger charge is -2.31. The standard InChI is InChI=1S/C17H21N3O3/c21-17(22)14-2-1-3-16(10-14)23-9-8-20-6-4-13(5-7-20)15-11-18-19-12-15/h1-3,10-13H,4-9H2,(H,18,19)(H,21,22). The van der Waals surface area contributed by atoms with E-state index in [2.05, 4.69) is 15.1 Å². The van der Waals surface area contributed by atoms with Crippen molar-refractivity contribution in [3.63, 3.8) is 0 Å². The van der Waals surface area contributed by atoms with Crippen molar-refractivity contribution in [3.05, 3.63) is 47.8 Å². The van der Waals surface area contributed by atoms with Crippen molar-refractivity contribution in [3.8, 4) is 5.75 Å². The number of carboxylic acids is 1. The second kappa shape index (κ2) is 7.28. The number of carbonyl (C=O) groups is 1. The average Bonchev–Trinajstić information content (AvgIpc) is 3.10. The summed E-state index contributed by atoms with van der Waals surface area (Å²) in [6, 6.07) is 6.62. The van der Waals surface area contributed by atoms with Gasteiger partial charge in [-0.3, -0.25) is 10.00 Å². The highest BCUT2D eigenvalue weighted by Gasteiger charge is 2.20. The Hall–Kier alpha value is -2.34. The van der Waals surface area contributed by atoms with Gasteiger partial charge in [0.05, 0.1) is 11.8 Å². The van der Waals surface area contributed by atoms with Crippen LogP contribution in [-0.4, -0.2) is 52.4 Å². The van der Waals surface area contributed by atoms with Crippen molar-refractivity contribution >= 4 is 5.97 Å². The van der Waals surface area contributed by atoms with E-state index in [4.69, 9.17) is 9.84 Å². The molecule has 0 amide bonds. The van der Waals surface area contributed by atoms with Crippen LogP contribution in [0.15, 0.2) is 36.7 Å². The largest absolute Gasteiger partial charge is 0.492 e. The number of aromatic carboxylic acids is 1. The predicted octanol–water partition coefficient (Wildman–Crippen LogP) is 2.37. The van der Waals surface area contributed by atoms with E-state index in [9.17, 15) is 4.79 Å². The van der Waals surface area contributed by atoms with Crippen LogP contribution in [0.5, 0.6) is 5.75 Å². The number of aromatic nitrogens is 2. The minimum Gasteiger partial charge on any atom is -0.492 e. The Kier molecular flexibility index (Phi) is 4.92. The maximum Gasteiger partial charge on any atom is 0.335 e. The Morgan fingerprint density at radius 1 is 1.39 bits per heavy atom. The van der Waals surface area contributed by atoms with Gasteiger partial charge in [-0.2, -0.15) is 5.10 Å². The van der Waals surface area contributed by atoms with Gasteiger partial charge in [0.1, 0.15) is 12.4 Å². The first-order chi connectivity index (χ1) is 11.2. The molecule has 1 aromatic carbocycles. The van der Waals surface area contributed by atoms with E-state index in [1.54, 1.807) is 24.3 Å². The zero-order valence-electron chi connectivity index (χ0n) is 12.9. The third-order valence-corrected chi connectivity index (χ3v) is 4.34. The molecular formula is C17H21N3O3. The number of aromatic amines is 1. The van der Waals surface area contributed by atoms with E-state index in [1.165, 1.54) is 5.56 Å². The smallest absolute Gasteiger partial charge is 0.335 e. The summed E-state index contributed by atoms with van der Waals surface area (Å²) in [6.45, 7) is 3.53. The SMILES string of the molecule is O=C(O)c1cccc(OCCN2CCC(c3cn[nH]c3)CC2)c1. The number of piperidine rings is 1. The lowest BCUT2D eigenvalue weighted by Crippen LogP contribution is -2.35. The van der Waals surface area contributed by atoms with E-state index in [-0.39, 0.29) is 5.56 Å². The normalized spacial score (nSPS) is 16.3. The van der Waals surface area contributed by atoms with E-state index >= 15 is 0 Å². The van der Waals surface area contributed by atoms with Gasteiger partial charge in [0.2, 0.25) is 0 Å². The van der Waals surface area contributed by atoms with Gasteiger partial charge in [0, 0.05) is 12.7 Å². The molecule has 1 aliphatic heterocycles. The van der Waals surface area contributed by atoms with E-state index in [0.29, 0.717) is 18.3 Å². The second-order valence-corrected chi connectivity index (χ2v) is 5.83. The molecule has 0 atom stereocenters. The number of carboxylic acid groups (broad SMARTS) is 1. The van der Waals surface area contributed by atoms with Crippen LogP contribution in [0.3, 0.4) is 0 Å². The molecule has 0 aliphatic carbocycles. The molecule has 0 spiro atoms. The van der Waals surface area contributed by atoms with Crippen LogP contribution in [-0.2, 0) is 0 Å². The summed E-state index contributed by atoms with van der Waals surface area (Å²) < 4.78 is 5.68. The minimum atomic E-state index is -0.934. The topological polar surface area (TPSA) is 78.5 Å². The summed E-state index contributed by atoms with van der Waals surface area (Å²) in [5, 5.41) is 15.9. The molecule has 1 aliphatic rings. The summed E-state index contributed by atoms with van der Waals surface area (Å²) >= 11 is 0. The Balaban J connectivity index is 1.42. The van der Waals surface area contributed by atoms with Crippen molar-refractivity contribution in [2.75, 3.05) is 26.2 Å². The first kappa shape index (κ1) is 15.6. The molecule has 1 saturated heterocycles. The minimum absolute atomic E-state index is 0.253. The summed E-state index contributed by atoms with van der Waals surface area (Å²) in [5.41, 5.74) is 1.55. The van der Waals surface area contributed by atoms with Crippen molar-refractivity contribution in [1.29, 1.82) is 0 Å². The second-order valence-electron chi connectivity index (χ2n) is 5.83. The van der Waals surface area contributed by atoms with Crippen LogP contribution >= 0.6 is 0 Å². The molecule has 23 heavy (non-hydrogen) atoms. The molecule has 1 fully saturated rings. The third kappa shape index (κ3) is 4.10. The number of nitrogens with zero attached hydrogens (tertiary/aromatic N) is 2. The molecule has 2 heterocycles. The molecule has 0 bridgehead atoms. The summed E-state index contributed by atoms with van der Waals surface area (Å²) in [7, 11) is 0. The van der Waals surface area contributed by atoms with Gasteiger partial charge in [-0.15, -0.1) is 0 Å². The van der Waals surface area contributed by atoms with Crippen molar-refractivity contribution in [2.24, 2.45) is 0 Å². The van der Waals surface area contributed by atoms with Crippen LogP contribution < -0.4 is 4.74 Å². The van der Waals surface area contributed by atoms with Crippen LogP contribution in [0, 0.1) is 0 Å². The zero-order chi connectivity index (χ0) is 16.1. The van der Waals surface area contributed by atoms with Gasteiger partial charge >= 0.3 is 5.97 Å². The molecule has 3 rings (SSSR count). The van der Waals surface area contributed by atoms with Gasteiger partial charge in [-0.1, -0.05) is 6.07 Å². The molecule has 0 unspecified atom stereocenters. The number of H-pyrrole nitrogens is 1. The van der Waals surface area contributed by atoms with Gasteiger partial charge in [-0.05, 0) is 55.6 Å². The van der Waals surface area contributed by atoms with Gasteiger partial charge in [0.15, 0.2) is 0 Å².